The average molecular weight is 1050 g/mol. The van der Waals surface area contributed by atoms with E-state index in [1.807, 2.05) is 6.20 Å². The van der Waals surface area contributed by atoms with Crippen molar-refractivity contribution in [1.82, 2.24) is 9.55 Å². The van der Waals surface area contributed by atoms with Crippen molar-refractivity contribution in [3.63, 3.8) is 0 Å². The third-order valence-electron chi connectivity index (χ3n) is 17.5. The summed E-state index contributed by atoms with van der Waals surface area (Å²) in [5, 5.41) is 2.34. The first-order valence-corrected chi connectivity index (χ1v) is 28.7. The maximum absolute atomic E-state index is 7.20. The Morgan fingerprint density at radius 1 is 0.338 bits per heavy atom. The van der Waals surface area contributed by atoms with Crippen molar-refractivity contribution in [2.45, 2.75) is 136 Å². The van der Waals surface area contributed by atoms with Gasteiger partial charge in [0.2, 0.25) is 0 Å². The van der Waals surface area contributed by atoms with Crippen molar-refractivity contribution in [3.8, 4) is 17.3 Å². The normalized spacial score (nSPS) is 13.6. The Balaban J connectivity index is 1.05. The van der Waals surface area contributed by atoms with Gasteiger partial charge < -0.3 is 14.5 Å². The summed E-state index contributed by atoms with van der Waals surface area (Å²) >= 11 is 0. The van der Waals surface area contributed by atoms with Crippen LogP contribution >= 0.6 is 0 Å². The number of hydrogen-bond acceptors (Lipinski definition) is 4. The number of benzene rings is 8. The number of ether oxygens (including phenoxy) is 1. The van der Waals surface area contributed by atoms with E-state index in [1.54, 1.807) is 0 Å². The molecule has 0 radical (unpaired) electrons. The fourth-order valence-corrected chi connectivity index (χ4v) is 11.8. The van der Waals surface area contributed by atoms with Crippen LogP contribution in [0.5, 0.6) is 11.5 Å². The molecule has 0 atom stereocenters. The second kappa shape index (κ2) is 19.7. The summed E-state index contributed by atoms with van der Waals surface area (Å²) in [4.78, 5) is 10.1. The molecule has 0 saturated carbocycles. The van der Waals surface area contributed by atoms with Gasteiger partial charge in [-0.25, -0.2) is 4.98 Å². The van der Waals surface area contributed by atoms with E-state index in [0.717, 1.165) is 45.1 Å². The second-order valence-corrected chi connectivity index (χ2v) is 27.2. The van der Waals surface area contributed by atoms with E-state index in [2.05, 4.69) is 312 Å². The average Bonchev–Trinajstić information content (AvgIpc) is 3.75. The smallest absolute Gasteiger partial charge is 0.137 e. The van der Waals surface area contributed by atoms with Crippen LogP contribution in [0.25, 0.3) is 27.6 Å². The Labute approximate surface area is 476 Å². The lowest BCUT2D eigenvalue weighted by Gasteiger charge is -2.33. The summed E-state index contributed by atoms with van der Waals surface area (Å²) in [5.74, 6) is 2.44. The number of hydrogen-bond donors (Lipinski definition) is 0. The van der Waals surface area contributed by atoms with Gasteiger partial charge in [-0.3, -0.25) is 4.57 Å². The van der Waals surface area contributed by atoms with Gasteiger partial charge in [-0.15, -0.1) is 0 Å². The first-order valence-electron chi connectivity index (χ1n) is 28.7. The first kappa shape index (κ1) is 54.1. The molecule has 80 heavy (non-hydrogen) atoms. The van der Waals surface area contributed by atoms with Crippen molar-refractivity contribution >= 4 is 44.6 Å². The molecule has 8 aromatic carbocycles. The molecule has 406 valence electrons. The summed E-state index contributed by atoms with van der Waals surface area (Å²) in [6.07, 6.45) is 1.95. The Bertz CT molecular complexity index is 3850. The van der Waals surface area contributed by atoms with E-state index in [9.17, 15) is 0 Å². The van der Waals surface area contributed by atoms with Crippen molar-refractivity contribution in [2.24, 2.45) is 0 Å². The molecule has 0 aliphatic carbocycles. The van der Waals surface area contributed by atoms with E-state index in [0.29, 0.717) is 6.67 Å². The molecule has 0 saturated heterocycles. The molecule has 0 amide bonds. The van der Waals surface area contributed by atoms with Gasteiger partial charge in [0.05, 0.1) is 22.4 Å². The Hall–Kier alpha value is -7.89. The summed E-state index contributed by atoms with van der Waals surface area (Å²) in [6.45, 7) is 35.3. The highest BCUT2D eigenvalue weighted by Crippen LogP contribution is 2.50. The van der Waals surface area contributed by atoms with Gasteiger partial charge in [0.1, 0.15) is 24.0 Å². The molecule has 2 aromatic heterocycles. The van der Waals surface area contributed by atoms with Gasteiger partial charge in [-0.2, -0.15) is 0 Å². The van der Waals surface area contributed by atoms with E-state index in [4.69, 9.17) is 9.72 Å². The molecule has 10 aromatic rings. The fraction of sp³-hybridized carbons (Fsp3) is 0.293. The maximum Gasteiger partial charge on any atom is 0.137 e. The number of fused-ring (bicyclic) bond motifs is 4. The highest BCUT2D eigenvalue weighted by Gasteiger charge is 2.35. The third kappa shape index (κ3) is 9.99. The predicted molar refractivity (Wildman–Crippen MR) is 339 cm³/mol. The lowest BCUT2D eigenvalue weighted by molar-refractivity contribution is 0.479. The lowest BCUT2D eigenvalue weighted by Crippen LogP contribution is -2.27. The molecule has 0 fully saturated rings. The highest BCUT2D eigenvalue weighted by atomic mass is 16.5. The number of rotatable bonds is 11. The molecule has 0 bridgehead atoms. The molecular formula is C75H80N4O. The SMILES string of the molecule is CC(C)(C)c1cc(Oc2ccc3c4cc(C(C)(C)c5ccccc5)ccc4n(-c4cc(C(C)(C)C)ccn4)c3c2)cc(N2CN(c3cc(C(C)(C)c4ccccc4)cc(C(C)(C)c4ccccc4)c3)c3cc(C(C)(C)C)ccc32)c1. The van der Waals surface area contributed by atoms with Crippen molar-refractivity contribution in [1.29, 1.82) is 0 Å². The molecule has 1 aliphatic rings. The quantitative estimate of drug-likeness (QED) is 0.129. The summed E-state index contributed by atoms with van der Waals surface area (Å²) in [6, 6.07) is 72.0. The molecule has 3 heterocycles. The zero-order valence-electron chi connectivity index (χ0n) is 50.0. The highest BCUT2D eigenvalue weighted by molar-refractivity contribution is 6.10. The van der Waals surface area contributed by atoms with Crippen LogP contribution in [0.3, 0.4) is 0 Å². The van der Waals surface area contributed by atoms with Crippen molar-refractivity contribution < 1.29 is 4.74 Å². The van der Waals surface area contributed by atoms with Crippen LogP contribution < -0.4 is 14.5 Å². The molecule has 0 spiro atoms. The van der Waals surface area contributed by atoms with Crippen LogP contribution in [-0.2, 0) is 32.5 Å². The predicted octanol–water partition coefficient (Wildman–Crippen LogP) is 20.1. The zero-order chi connectivity index (χ0) is 56.7. The molecule has 5 heteroatoms. The third-order valence-corrected chi connectivity index (χ3v) is 17.5. The monoisotopic (exact) mass is 1050 g/mol. The maximum atomic E-state index is 7.20. The van der Waals surface area contributed by atoms with E-state index in [1.165, 1.54) is 66.8 Å². The molecule has 0 unspecified atom stereocenters. The number of nitrogens with zero attached hydrogens (tertiary/aromatic N) is 4. The molecule has 1 aliphatic heterocycles. The minimum atomic E-state index is -0.270. The number of anilines is 4. The van der Waals surface area contributed by atoms with Gasteiger partial charge in [0.15, 0.2) is 0 Å². The van der Waals surface area contributed by atoms with E-state index >= 15 is 0 Å². The summed E-state index contributed by atoms with van der Waals surface area (Å²) < 4.78 is 9.53. The molecule has 11 rings (SSSR count). The topological polar surface area (TPSA) is 33.5 Å². The molecule has 0 N–H and O–H groups in total. The summed E-state index contributed by atoms with van der Waals surface area (Å²) in [7, 11) is 0. The van der Waals surface area contributed by atoms with Crippen LogP contribution in [0.4, 0.5) is 22.7 Å². The fourth-order valence-electron chi connectivity index (χ4n) is 11.8. The van der Waals surface area contributed by atoms with Crippen LogP contribution in [0, 0.1) is 0 Å². The van der Waals surface area contributed by atoms with Gasteiger partial charge in [0.25, 0.3) is 0 Å². The van der Waals surface area contributed by atoms with Gasteiger partial charge in [0, 0.05) is 56.7 Å². The summed E-state index contributed by atoms with van der Waals surface area (Å²) in [5.41, 5.74) is 17.1. The van der Waals surface area contributed by atoms with Crippen LogP contribution in [0.2, 0.25) is 0 Å². The number of pyridine rings is 1. The minimum Gasteiger partial charge on any atom is -0.457 e. The van der Waals surface area contributed by atoms with Crippen LogP contribution in [0.1, 0.15) is 154 Å². The van der Waals surface area contributed by atoms with Crippen molar-refractivity contribution in [3.05, 3.63) is 250 Å². The van der Waals surface area contributed by atoms with E-state index in [-0.39, 0.29) is 32.5 Å². The van der Waals surface area contributed by atoms with Gasteiger partial charge >= 0.3 is 0 Å². The van der Waals surface area contributed by atoms with Gasteiger partial charge in [-0.05, 0) is 139 Å². The molecular weight excluding hydrogens is 973 g/mol. The Morgan fingerprint density at radius 3 is 1.40 bits per heavy atom. The standard InChI is InChI=1S/C75H80N4O/c1-70(2,3)53-31-36-66-68(45-53)78(59-41-57(74(12,13)51-27-21-17-22-28-51)39-58(42-59)75(14,15)52-29-23-18-24-30-52)49-77(66)60-40-56(72(7,8)9)43-62(47-60)80-61-33-34-63-64-44-55(73(10,11)50-25-19-16-20-26-50)32-35-65(64)79(67(63)48-61)69-46-54(37-38-76-69)71(4,5)6/h16-48H,49H2,1-15H3. The Morgan fingerprint density at radius 2 is 0.838 bits per heavy atom. The largest absolute Gasteiger partial charge is 0.457 e. The Kier molecular flexibility index (Phi) is 13.3. The minimum absolute atomic E-state index is 0.0549. The zero-order valence-corrected chi connectivity index (χ0v) is 50.0. The van der Waals surface area contributed by atoms with Crippen molar-refractivity contribution in [2.75, 3.05) is 16.5 Å². The first-order chi connectivity index (χ1) is 37.8. The van der Waals surface area contributed by atoms with Gasteiger partial charge in [-0.1, -0.05) is 213 Å². The van der Waals surface area contributed by atoms with Crippen LogP contribution in [0.15, 0.2) is 200 Å². The van der Waals surface area contributed by atoms with Crippen LogP contribution in [-0.4, -0.2) is 16.2 Å². The number of aromatic nitrogens is 2. The lowest BCUT2D eigenvalue weighted by atomic mass is 9.73. The van der Waals surface area contributed by atoms with E-state index < -0.39 is 0 Å². The second-order valence-electron chi connectivity index (χ2n) is 27.2. The molecule has 5 nitrogen and oxygen atoms in total.